The molecule has 3 rings (SSSR count). The molecule has 2 heterocycles. The Bertz CT molecular complexity index is 1420. The highest BCUT2D eigenvalue weighted by Crippen LogP contribution is 2.31. The predicted octanol–water partition coefficient (Wildman–Crippen LogP) is 4.72. The van der Waals surface area contributed by atoms with E-state index in [-0.39, 0.29) is 37.4 Å². The van der Waals surface area contributed by atoms with Crippen LogP contribution in [0.4, 0.5) is 5.82 Å². The van der Waals surface area contributed by atoms with Crippen molar-refractivity contribution in [2.75, 3.05) is 18.5 Å². The standard InChI is InChI=1S/C32H49N5O6/c1-11-41-17-24-35-26-27(37(24)18-30(5,6)40)22-14-12-13-15-23(22)34-28(26)36-29(39)21(4)33-25(38)16-31(7,8)42-19-32(9,10)43-20(2)3/h12-15,20-21,40H,11,16-19H2,1-10H3,(H,33,38)(H,34,36,39)/t21-/m0/s1. The van der Waals surface area contributed by atoms with E-state index in [0.717, 1.165) is 10.9 Å². The second-order valence-corrected chi connectivity index (χ2v) is 13.2. The van der Waals surface area contributed by atoms with Gasteiger partial charge in [-0.15, -0.1) is 0 Å². The molecule has 0 radical (unpaired) electrons. The smallest absolute Gasteiger partial charge is 0.247 e. The number of hydrogen-bond donors (Lipinski definition) is 3. The van der Waals surface area contributed by atoms with Crippen LogP contribution in [-0.2, 0) is 37.0 Å². The second kappa shape index (κ2) is 13.7. The third kappa shape index (κ3) is 9.69. The Morgan fingerprint density at radius 1 is 1.02 bits per heavy atom. The normalized spacial score (nSPS) is 13.6. The van der Waals surface area contributed by atoms with Crippen LogP contribution in [0.3, 0.4) is 0 Å². The first kappa shape index (κ1) is 34.4. The van der Waals surface area contributed by atoms with Gasteiger partial charge in [-0.1, -0.05) is 18.2 Å². The second-order valence-electron chi connectivity index (χ2n) is 13.2. The number of ether oxygens (including phenoxy) is 3. The topological polar surface area (TPSA) is 137 Å². The molecule has 43 heavy (non-hydrogen) atoms. The highest BCUT2D eigenvalue weighted by atomic mass is 16.6. The van der Waals surface area contributed by atoms with Crippen LogP contribution in [0.15, 0.2) is 24.3 Å². The third-order valence-electron chi connectivity index (χ3n) is 6.61. The zero-order chi connectivity index (χ0) is 32.2. The van der Waals surface area contributed by atoms with Crippen LogP contribution in [0, 0.1) is 0 Å². The number of carbonyl (C=O) groups is 2. The van der Waals surface area contributed by atoms with Crippen molar-refractivity contribution in [1.82, 2.24) is 19.9 Å². The summed E-state index contributed by atoms with van der Waals surface area (Å²) in [5, 5.41) is 17.2. The van der Waals surface area contributed by atoms with Gasteiger partial charge in [-0.3, -0.25) is 9.59 Å². The van der Waals surface area contributed by atoms with Crippen LogP contribution in [0.5, 0.6) is 0 Å². The van der Waals surface area contributed by atoms with Crippen LogP contribution >= 0.6 is 0 Å². The Labute approximate surface area is 254 Å². The van der Waals surface area contributed by atoms with Crippen LogP contribution in [-0.4, -0.2) is 73.6 Å². The molecule has 2 amide bonds. The summed E-state index contributed by atoms with van der Waals surface area (Å²) in [6, 6.07) is 6.72. The van der Waals surface area contributed by atoms with E-state index in [2.05, 4.69) is 10.6 Å². The minimum absolute atomic E-state index is 0.0502. The van der Waals surface area contributed by atoms with Gasteiger partial charge in [0.2, 0.25) is 11.8 Å². The van der Waals surface area contributed by atoms with Crippen LogP contribution in [0.1, 0.15) is 81.5 Å². The van der Waals surface area contributed by atoms with Gasteiger partial charge < -0.3 is 34.5 Å². The van der Waals surface area contributed by atoms with Crippen molar-refractivity contribution in [3.05, 3.63) is 30.1 Å². The molecule has 3 aromatic rings. The average molecular weight is 600 g/mol. The number of imidazole rings is 1. The zero-order valence-corrected chi connectivity index (χ0v) is 27.3. The molecule has 11 heteroatoms. The number of hydrogen-bond acceptors (Lipinski definition) is 8. The Morgan fingerprint density at radius 2 is 1.70 bits per heavy atom. The summed E-state index contributed by atoms with van der Waals surface area (Å²) in [6.07, 6.45) is 0.109. The number of para-hydroxylation sites is 1. The molecule has 0 saturated carbocycles. The molecule has 0 aliphatic heterocycles. The Hall–Kier alpha value is -3.12. The van der Waals surface area contributed by atoms with Crippen molar-refractivity contribution in [1.29, 1.82) is 0 Å². The molecule has 0 aliphatic rings. The molecule has 2 aromatic heterocycles. The Balaban J connectivity index is 1.82. The fourth-order valence-corrected chi connectivity index (χ4v) is 4.89. The molecule has 1 atom stereocenters. The van der Waals surface area contributed by atoms with E-state index in [4.69, 9.17) is 24.2 Å². The van der Waals surface area contributed by atoms with Gasteiger partial charge >= 0.3 is 0 Å². The summed E-state index contributed by atoms with van der Waals surface area (Å²) < 4.78 is 19.5. The first-order chi connectivity index (χ1) is 19.9. The molecule has 0 fully saturated rings. The number of anilines is 1. The zero-order valence-electron chi connectivity index (χ0n) is 27.3. The van der Waals surface area contributed by atoms with E-state index in [9.17, 15) is 14.7 Å². The Kier molecular flexibility index (Phi) is 10.9. The number of carbonyl (C=O) groups excluding carboxylic acids is 2. The van der Waals surface area contributed by atoms with Crippen molar-refractivity contribution in [3.8, 4) is 0 Å². The van der Waals surface area contributed by atoms with Crippen LogP contribution < -0.4 is 10.6 Å². The van der Waals surface area contributed by atoms with Gasteiger partial charge in [0.05, 0.1) is 53.5 Å². The number of pyridine rings is 1. The van der Waals surface area contributed by atoms with E-state index in [0.29, 0.717) is 30.1 Å². The fourth-order valence-electron chi connectivity index (χ4n) is 4.89. The highest BCUT2D eigenvalue weighted by molar-refractivity contribution is 6.10. The van der Waals surface area contributed by atoms with Gasteiger partial charge in [-0.25, -0.2) is 9.97 Å². The number of amides is 2. The van der Waals surface area contributed by atoms with Crippen molar-refractivity contribution < 1.29 is 28.9 Å². The lowest BCUT2D eigenvalue weighted by atomic mass is 10.0. The molecular formula is C32H49N5O6. The van der Waals surface area contributed by atoms with E-state index in [1.54, 1.807) is 20.8 Å². The lowest BCUT2D eigenvalue weighted by Crippen LogP contribution is -2.45. The molecule has 0 bridgehead atoms. The molecule has 238 valence electrons. The Morgan fingerprint density at radius 3 is 2.33 bits per heavy atom. The molecule has 0 unspecified atom stereocenters. The van der Waals surface area contributed by atoms with Crippen molar-refractivity contribution in [2.24, 2.45) is 0 Å². The number of rotatable bonds is 15. The maximum atomic E-state index is 13.3. The lowest BCUT2D eigenvalue weighted by molar-refractivity contribution is -0.147. The number of aromatic nitrogens is 3. The molecule has 1 aromatic carbocycles. The summed E-state index contributed by atoms with van der Waals surface area (Å²) in [6.45, 7) is 19.8. The largest absolute Gasteiger partial charge is 0.389 e. The van der Waals surface area contributed by atoms with Crippen molar-refractivity contribution in [2.45, 2.75) is 118 Å². The summed E-state index contributed by atoms with van der Waals surface area (Å²) in [4.78, 5) is 35.8. The molecule has 0 aliphatic carbocycles. The molecule has 0 spiro atoms. The minimum atomic E-state index is -1.03. The quantitative estimate of drug-likeness (QED) is 0.228. The first-order valence-corrected chi connectivity index (χ1v) is 14.9. The van der Waals surface area contributed by atoms with Gasteiger partial charge in [0.25, 0.3) is 0 Å². The maximum absolute atomic E-state index is 13.3. The summed E-state index contributed by atoms with van der Waals surface area (Å²) in [7, 11) is 0. The van der Waals surface area contributed by atoms with Crippen LogP contribution in [0.25, 0.3) is 21.9 Å². The minimum Gasteiger partial charge on any atom is -0.389 e. The molecule has 11 nitrogen and oxygen atoms in total. The summed E-state index contributed by atoms with van der Waals surface area (Å²) in [5.41, 5.74) is -0.437. The van der Waals surface area contributed by atoms with E-state index >= 15 is 0 Å². The van der Waals surface area contributed by atoms with Crippen molar-refractivity contribution in [3.63, 3.8) is 0 Å². The van der Waals surface area contributed by atoms with E-state index in [1.807, 2.05) is 77.3 Å². The molecular weight excluding hydrogens is 550 g/mol. The number of benzene rings is 1. The molecule has 0 saturated heterocycles. The number of nitrogens with zero attached hydrogens (tertiary/aromatic N) is 3. The number of fused-ring (bicyclic) bond motifs is 3. The average Bonchev–Trinajstić information content (AvgIpc) is 3.22. The van der Waals surface area contributed by atoms with Gasteiger partial charge in [0, 0.05) is 12.0 Å². The summed E-state index contributed by atoms with van der Waals surface area (Å²) in [5.74, 6) is 0.118. The fraction of sp³-hybridized carbons (Fsp3) is 0.625. The monoisotopic (exact) mass is 599 g/mol. The third-order valence-corrected chi connectivity index (χ3v) is 6.61. The highest BCUT2D eigenvalue weighted by Gasteiger charge is 2.30. The predicted molar refractivity (Wildman–Crippen MR) is 168 cm³/mol. The molecule has 3 N–H and O–H groups in total. The first-order valence-electron chi connectivity index (χ1n) is 14.9. The number of aliphatic hydroxyl groups is 1. The van der Waals surface area contributed by atoms with Gasteiger partial charge in [0.1, 0.15) is 24.0 Å². The number of nitrogens with one attached hydrogen (secondary N) is 2. The maximum Gasteiger partial charge on any atom is 0.247 e. The summed E-state index contributed by atoms with van der Waals surface area (Å²) >= 11 is 0. The van der Waals surface area contributed by atoms with Crippen LogP contribution in [0.2, 0.25) is 0 Å². The van der Waals surface area contributed by atoms with Crippen molar-refractivity contribution >= 4 is 39.6 Å². The van der Waals surface area contributed by atoms with E-state index < -0.39 is 28.8 Å². The van der Waals surface area contributed by atoms with Gasteiger partial charge in [0.15, 0.2) is 5.82 Å². The van der Waals surface area contributed by atoms with Gasteiger partial charge in [-0.05, 0) is 75.3 Å². The van der Waals surface area contributed by atoms with E-state index in [1.165, 1.54) is 0 Å². The van der Waals surface area contributed by atoms with Gasteiger partial charge in [-0.2, -0.15) is 0 Å². The lowest BCUT2D eigenvalue weighted by Gasteiger charge is -2.33. The SMILES string of the molecule is CCOCc1nc2c(NC(=O)[C@H](C)NC(=O)CC(C)(C)OCC(C)(C)OC(C)C)nc3ccccc3c2n1CC(C)(C)O.